The van der Waals surface area contributed by atoms with Gasteiger partial charge in [-0.1, -0.05) is 52.0 Å². The summed E-state index contributed by atoms with van der Waals surface area (Å²) in [5.41, 5.74) is 1.64. The number of nitriles is 1. The third-order valence-electron chi connectivity index (χ3n) is 4.33. The van der Waals surface area contributed by atoms with Crippen LogP contribution >= 0.6 is 0 Å². The first-order chi connectivity index (χ1) is 14.6. The lowest BCUT2D eigenvalue weighted by molar-refractivity contribution is 0.0523. The van der Waals surface area contributed by atoms with E-state index in [1.807, 2.05) is 65.0 Å². The molecule has 6 nitrogen and oxygen atoms in total. The van der Waals surface area contributed by atoms with Crippen LogP contribution in [0.2, 0.25) is 0 Å². The molecule has 6 heteroatoms. The monoisotopic (exact) mass is 425 g/mol. The van der Waals surface area contributed by atoms with Crippen LogP contribution in [0.3, 0.4) is 0 Å². The maximum atomic E-state index is 12.6. The molecule has 0 aliphatic carbocycles. The number of hydrogen-bond donors (Lipinski definition) is 1. The zero-order chi connectivity index (χ0) is 23.6. The van der Waals surface area contributed by atoms with Gasteiger partial charge in [-0.15, -0.1) is 0 Å². The highest BCUT2D eigenvalue weighted by atomic mass is 16.6. The van der Waals surface area contributed by atoms with Crippen molar-refractivity contribution in [1.29, 1.82) is 5.26 Å². The van der Waals surface area contributed by atoms with Gasteiger partial charge < -0.3 is 14.6 Å². The number of benzene rings is 1. The van der Waals surface area contributed by atoms with Gasteiger partial charge in [0, 0.05) is 24.8 Å². The Balaban J connectivity index is 0.00000233. The number of aryl methyl sites for hydroxylation is 1. The number of nitrogens with one attached hydrogen (secondary N) is 1. The standard InChI is InChI=1S/C23H29N3O3.C2H6/c1-16(2)10-12-26-13-11-19(20(14-24)21(26)27)18-8-6-17(7-9-18)15-25-22(28)29-23(3,4)5;1-2/h6-9,11,13,16H,10,12,15H2,1-5H3,(H,25,28);1-2H3. The van der Waals surface area contributed by atoms with Crippen LogP contribution in [0.1, 0.15) is 66.0 Å². The highest BCUT2D eigenvalue weighted by molar-refractivity contribution is 5.70. The summed E-state index contributed by atoms with van der Waals surface area (Å²) < 4.78 is 6.82. The second kappa shape index (κ2) is 11.9. The van der Waals surface area contributed by atoms with E-state index in [0.717, 1.165) is 17.5 Å². The first-order valence-corrected chi connectivity index (χ1v) is 10.8. The molecule has 0 aliphatic rings. The van der Waals surface area contributed by atoms with E-state index in [-0.39, 0.29) is 11.1 Å². The van der Waals surface area contributed by atoms with Crippen LogP contribution in [-0.2, 0) is 17.8 Å². The zero-order valence-electron chi connectivity index (χ0n) is 19.8. The summed E-state index contributed by atoms with van der Waals surface area (Å²) in [6.45, 7) is 14.6. The molecule has 2 rings (SSSR count). The highest BCUT2D eigenvalue weighted by Gasteiger charge is 2.16. The van der Waals surface area contributed by atoms with E-state index in [2.05, 4.69) is 25.2 Å². The predicted molar refractivity (Wildman–Crippen MR) is 125 cm³/mol. The van der Waals surface area contributed by atoms with Crippen LogP contribution in [0.4, 0.5) is 4.79 Å². The van der Waals surface area contributed by atoms with Gasteiger partial charge in [0.15, 0.2) is 0 Å². The fourth-order valence-electron chi connectivity index (χ4n) is 2.79. The maximum absolute atomic E-state index is 12.6. The van der Waals surface area contributed by atoms with Gasteiger partial charge in [0.1, 0.15) is 17.2 Å². The molecule has 0 spiro atoms. The molecular formula is C25H35N3O3. The van der Waals surface area contributed by atoms with E-state index in [9.17, 15) is 14.9 Å². The Morgan fingerprint density at radius 3 is 2.29 bits per heavy atom. The van der Waals surface area contributed by atoms with E-state index in [1.165, 1.54) is 0 Å². The van der Waals surface area contributed by atoms with Crippen LogP contribution in [0, 0.1) is 17.2 Å². The number of hydrogen-bond acceptors (Lipinski definition) is 4. The molecule has 0 atom stereocenters. The van der Waals surface area contributed by atoms with Gasteiger partial charge in [-0.25, -0.2) is 4.79 Å². The average molecular weight is 426 g/mol. The molecule has 1 aromatic heterocycles. The number of pyridine rings is 1. The van der Waals surface area contributed by atoms with Crippen molar-refractivity contribution in [3.05, 3.63) is 58.0 Å². The van der Waals surface area contributed by atoms with Gasteiger partial charge in [0.2, 0.25) is 0 Å². The molecule has 1 heterocycles. The number of alkyl carbamates (subject to hydrolysis) is 1. The summed E-state index contributed by atoms with van der Waals surface area (Å²) in [6.07, 6.45) is 2.15. The first-order valence-electron chi connectivity index (χ1n) is 10.8. The molecule has 0 unspecified atom stereocenters. The number of aromatic nitrogens is 1. The van der Waals surface area contributed by atoms with Crippen molar-refractivity contribution in [3.63, 3.8) is 0 Å². The Morgan fingerprint density at radius 1 is 1.16 bits per heavy atom. The zero-order valence-corrected chi connectivity index (χ0v) is 19.8. The molecular weight excluding hydrogens is 390 g/mol. The number of rotatable bonds is 6. The quantitative estimate of drug-likeness (QED) is 0.664. The predicted octanol–water partition coefficient (Wildman–Crippen LogP) is 5.48. The molecule has 0 bridgehead atoms. The van der Waals surface area contributed by atoms with Crippen LogP contribution in [0.15, 0.2) is 41.3 Å². The summed E-state index contributed by atoms with van der Waals surface area (Å²) in [7, 11) is 0. The Kier molecular flexibility index (Phi) is 10.0. The summed E-state index contributed by atoms with van der Waals surface area (Å²) in [4.78, 5) is 24.4. The second-order valence-electron chi connectivity index (χ2n) is 8.45. The second-order valence-corrected chi connectivity index (χ2v) is 8.45. The molecule has 2 aromatic rings. The summed E-state index contributed by atoms with van der Waals surface area (Å²) in [5, 5.41) is 12.2. The minimum Gasteiger partial charge on any atom is -0.444 e. The van der Waals surface area contributed by atoms with Gasteiger partial charge >= 0.3 is 6.09 Å². The first kappa shape index (κ1) is 26.0. The molecule has 0 saturated carbocycles. The third-order valence-corrected chi connectivity index (χ3v) is 4.33. The number of nitrogens with zero attached hydrogens (tertiary/aromatic N) is 2. The van der Waals surface area contributed by atoms with Gasteiger partial charge in [0.25, 0.3) is 5.56 Å². The number of carbonyl (C=O) groups is 1. The molecule has 31 heavy (non-hydrogen) atoms. The molecule has 168 valence electrons. The van der Waals surface area contributed by atoms with Crippen molar-refractivity contribution in [2.24, 2.45) is 5.92 Å². The number of amides is 1. The lowest BCUT2D eigenvalue weighted by atomic mass is 10.0. The third kappa shape index (κ3) is 8.29. The van der Waals surface area contributed by atoms with E-state index < -0.39 is 11.7 Å². The maximum Gasteiger partial charge on any atom is 0.407 e. The minimum absolute atomic E-state index is 0.149. The molecule has 1 aromatic carbocycles. The number of ether oxygens (including phenoxy) is 1. The molecule has 0 fully saturated rings. The van der Waals surface area contributed by atoms with E-state index in [0.29, 0.717) is 24.6 Å². The molecule has 1 amide bonds. The lowest BCUT2D eigenvalue weighted by Crippen LogP contribution is -2.32. The largest absolute Gasteiger partial charge is 0.444 e. The van der Waals surface area contributed by atoms with Gasteiger partial charge in [-0.2, -0.15) is 5.26 Å². The highest BCUT2D eigenvalue weighted by Crippen LogP contribution is 2.22. The van der Waals surface area contributed by atoms with E-state index >= 15 is 0 Å². The van der Waals surface area contributed by atoms with Crippen molar-refractivity contribution >= 4 is 6.09 Å². The topological polar surface area (TPSA) is 84.1 Å². The normalized spacial score (nSPS) is 10.7. The minimum atomic E-state index is -0.545. The van der Waals surface area contributed by atoms with Crippen molar-refractivity contribution in [2.75, 3.05) is 0 Å². The molecule has 0 saturated heterocycles. The van der Waals surface area contributed by atoms with E-state index in [1.54, 1.807) is 10.8 Å². The average Bonchev–Trinajstić information content (AvgIpc) is 2.71. The van der Waals surface area contributed by atoms with E-state index in [4.69, 9.17) is 4.74 Å². The van der Waals surface area contributed by atoms with Crippen LogP contribution in [0.25, 0.3) is 11.1 Å². The fraction of sp³-hybridized carbons (Fsp3) is 0.480. The lowest BCUT2D eigenvalue weighted by Gasteiger charge is -2.19. The smallest absolute Gasteiger partial charge is 0.407 e. The van der Waals surface area contributed by atoms with Gasteiger partial charge in [0.05, 0.1) is 0 Å². The van der Waals surface area contributed by atoms with Crippen molar-refractivity contribution in [1.82, 2.24) is 9.88 Å². The molecule has 1 N–H and O–H groups in total. The Hall–Kier alpha value is -3.07. The van der Waals surface area contributed by atoms with Crippen molar-refractivity contribution in [2.45, 2.75) is 73.6 Å². The van der Waals surface area contributed by atoms with Crippen molar-refractivity contribution < 1.29 is 9.53 Å². The van der Waals surface area contributed by atoms with Crippen molar-refractivity contribution in [3.8, 4) is 17.2 Å². The molecule has 0 aliphatic heterocycles. The Labute approximate surface area is 185 Å². The summed E-state index contributed by atoms with van der Waals surface area (Å²) in [6, 6.07) is 11.3. The van der Waals surface area contributed by atoms with Gasteiger partial charge in [-0.3, -0.25) is 4.79 Å². The SMILES string of the molecule is CC.CC(C)CCn1ccc(-c2ccc(CNC(=O)OC(C)(C)C)cc2)c(C#N)c1=O. The summed E-state index contributed by atoms with van der Waals surface area (Å²) in [5.74, 6) is 0.481. The Morgan fingerprint density at radius 2 is 1.77 bits per heavy atom. The fourth-order valence-corrected chi connectivity index (χ4v) is 2.79. The molecule has 0 radical (unpaired) electrons. The number of carbonyl (C=O) groups excluding carboxylic acids is 1. The van der Waals surface area contributed by atoms with Crippen LogP contribution in [0.5, 0.6) is 0 Å². The van der Waals surface area contributed by atoms with Crippen LogP contribution in [-0.4, -0.2) is 16.3 Å². The van der Waals surface area contributed by atoms with Gasteiger partial charge in [-0.05, 0) is 50.3 Å². The Bertz CT molecular complexity index is 946. The summed E-state index contributed by atoms with van der Waals surface area (Å²) >= 11 is 0. The van der Waals surface area contributed by atoms with Crippen LogP contribution < -0.4 is 10.9 Å².